The van der Waals surface area contributed by atoms with Gasteiger partial charge in [-0.25, -0.2) is 0 Å². The Morgan fingerprint density at radius 2 is 2.15 bits per heavy atom. The fourth-order valence-electron chi connectivity index (χ4n) is 2.95. The van der Waals surface area contributed by atoms with Crippen LogP contribution in [0.2, 0.25) is 0 Å². The molecule has 0 aliphatic rings. The van der Waals surface area contributed by atoms with Gasteiger partial charge < -0.3 is 19.6 Å². The van der Waals surface area contributed by atoms with Gasteiger partial charge in [0, 0.05) is 15.8 Å². The summed E-state index contributed by atoms with van der Waals surface area (Å²) >= 11 is 2.95. The van der Waals surface area contributed by atoms with Gasteiger partial charge in [-0.05, 0) is 40.4 Å². The molecular weight excluding hydrogens is 382 g/mol. The van der Waals surface area contributed by atoms with Crippen molar-refractivity contribution in [3.05, 3.63) is 74.8 Å². The predicted molar refractivity (Wildman–Crippen MR) is 107 cm³/mol. The molecule has 1 amide bonds. The normalized spacial score (nSPS) is 13.4. The monoisotopic (exact) mass is 399 g/mol. The lowest BCUT2D eigenvalue weighted by Gasteiger charge is -2.26. The van der Waals surface area contributed by atoms with Gasteiger partial charge in [-0.2, -0.15) is 11.3 Å². The Bertz CT molecular complexity index is 1020. The van der Waals surface area contributed by atoms with E-state index in [1.165, 1.54) is 22.7 Å². The molecule has 5 nitrogen and oxygen atoms in total. The number of furan rings is 1. The molecule has 7 heteroatoms. The molecular formula is C20H17NO4S2. The van der Waals surface area contributed by atoms with Crippen molar-refractivity contribution >= 4 is 39.5 Å². The predicted octanol–water partition coefficient (Wildman–Crippen LogP) is 4.23. The second-order valence-corrected chi connectivity index (χ2v) is 7.75. The van der Waals surface area contributed by atoms with E-state index in [1.54, 1.807) is 19.2 Å². The zero-order chi connectivity index (χ0) is 18.9. The first kappa shape index (κ1) is 17.8. The van der Waals surface area contributed by atoms with Crippen molar-refractivity contribution in [2.45, 2.75) is 5.60 Å². The summed E-state index contributed by atoms with van der Waals surface area (Å²) in [6.45, 7) is 0.0389. The van der Waals surface area contributed by atoms with Gasteiger partial charge in [0.05, 0.1) is 13.7 Å². The molecule has 1 atom stereocenters. The number of carbonyl (C=O) groups is 1. The maximum absolute atomic E-state index is 12.6. The number of amides is 1. The summed E-state index contributed by atoms with van der Waals surface area (Å²) in [4.78, 5) is 13.4. The standard InChI is InChI=1S/C20H17NO4S2/c1-24-15-5-2-4-13-10-16(25-18(13)15)19(22)21-12-20(23,14-7-9-26-11-14)17-6-3-8-27-17/h2-11,23H,12H2,1H3,(H,21,22)/t20-/m1/s1. The van der Waals surface area contributed by atoms with E-state index in [0.717, 1.165) is 15.8 Å². The minimum absolute atomic E-state index is 0.0389. The molecule has 0 saturated heterocycles. The van der Waals surface area contributed by atoms with Crippen LogP contribution in [-0.2, 0) is 5.60 Å². The highest BCUT2D eigenvalue weighted by Crippen LogP contribution is 2.34. The lowest BCUT2D eigenvalue weighted by atomic mass is 9.94. The minimum Gasteiger partial charge on any atom is -0.493 e. The third-order valence-corrected chi connectivity index (χ3v) is 6.09. The van der Waals surface area contributed by atoms with Crippen molar-refractivity contribution in [2.24, 2.45) is 0 Å². The van der Waals surface area contributed by atoms with Crippen molar-refractivity contribution < 1.29 is 19.1 Å². The largest absolute Gasteiger partial charge is 0.493 e. The van der Waals surface area contributed by atoms with Crippen LogP contribution in [0.15, 0.2) is 63.0 Å². The highest BCUT2D eigenvalue weighted by Gasteiger charge is 2.34. The van der Waals surface area contributed by atoms with Crippen LogP contribution in [0, 0.1) is 0 Å². The first-order chi connectivity index (χ1) is 13.1. The van der Waals surface area contributed by atoms with Crippen LogP contribution >= 0.6 is 22.7 Å². The Balaban J connectivity index is 1.59. The number of benzene rings is 1. The van der Waals surface area contributed by atoms with Gasteiger partial charge in [-0.1, -0.05) is 18.2 Å². The lowest BCUT2D eigenvalue weighted by molar-refractivity contribution is 0.0707. The van der Waals surface area contributed by atoms with Crippen LogP contribution < -0.4 is 10.1 Å². The van der Waals surface area contributed by atoms with E-state index in [0.29, 0.717) is 11.3 Å². The van der Waals surface area contributed by atoms with E-state index in [4.69, 9.17) is 9.15 Å². The molecule has 2 N–H and O–H groups in total. The zero-order valence-electron chi connectivity index (χ0n) is 14.5. The van der Waals surface area contributed by atoms with Crippen molar-refractivity contribution in [1.82, 2.24) is 5.32 Å². The summed E-state index contributed by atoms with van der Waals surface area (Å²) < 4.78 is 11.0. The number of hydrogen-bond donors (Lipinski definition) is 2. The molecule has 3 aromatic heterocycles. The van der Waals surface area contributed by atoms with Gasteiger partial charge in [0.2, 0.25) is 0 Å². The Morgan fingerprint density at radius 3 is 2.85 bits per heavy atom. The Hall–Kier alpha value is -2.61. The number of fused-ring (bicyclic) bond motifs is 1. The number of para-hydroxylation sites is 1. The third-order valence-electron chi connectivity index (χ3n) is 4.38. The SMILES string of the molecule is COc1cccc2cc(C(=O)NC[C@@](O)(c3ccsc3)c3cccs3)oc12. The van der Waals surface area contributed by atoms with Crippen LogP contribution in [0.1, 0.15) is 21.0 Å². The molecule has 4 aromatic rings. The third kappa shape index (κ3) is 3.25. The van der Waals surface area contributed by atoms with Gasteiger partial charge in [-0.3, -0.25) is 4.79 Å². The van der Waals surface area contributed by atoms with E-state index in [-0.39, 0.29) is 12.3 Å². The smallest absolute Gasteiger partial charge is 0.287 e. The number of ether oxygens (including phenoxy) is 1. The quantitative estimate of drug-likeness (QED) is 0.509. The summed E-state index contributed by atoms with van der Waals surface area (Å²) in [5.74, 6) is 0.353. The molecule has 0 radical (unpaired) electrons. The Kier molecular flexibility index (Phi) is 4.73. The molecule has 0 fully saturated rings. The number of carbonyl (C=O) groups excluding carboxylic acids is 1. The first-order valence-corrected chi connectivity index (χ1v) is 10.1. The van der Waals surface area contributed by atoms with E-state index < -0.39 is 11.5 Å². The van der Waals surface area contributed by atoms with Crippen LogP contribution in [0.4, 0.5) is 0 Å². The lowest BCUT2D eigenvalue weighted by Crippen LogP contribution is -2.40. The molecule has 0 aliphatic heterocycles. The fourth-order valence-corrected chi connectivity index (χ4v) is 4.52. The maximum Gasteiger partial charge on any atom is 0.287 e. The topological polar surface area (TPSA) is 71.7 Å². The van der Waals surface area contributed by atoms with Gasteiger partial charge in [-0.15, -0.1) is 11.3 Å². The van der Waals surface area contributed by atoms with Crippen molar-refractivity contribution in [1.29, 1.82) is 0 Å². The highest BCUT2D eigenvalue weighted by atomic mass is 32.1. The van der Waals surface area contributed by atoms with E-state index in [9.17, 15) is 9.90 Å². The number of methoxy groups -OCH3 is 1. The molecule has 0 unspecified atom stereocenters. The van der Waals surface area contributed by atoms with Gasteiger partial charge in [0.15, 0.2) is 17.1 Å². The van der Waals surface area contributed by atoms with Crippen LogP contribution in [0.5, 0.6) is 5.75 Å². The summed E-state index contributed by atoms with van der Waals surface area (Å²) in [5, 5.41) is 20.6. The molecule has 138 valence electrons. The molecule has 27 heavy (non-hydrogen) atoms. The number of hydrogen-bond acceptors (Lipinski definition) is 6. The van der Waals surface area contributed by atoms with Gasteiger partial charge in [0.1, 0.15) is 5.60 Å². The summed E-state index contributed by atoms with van der Waals surface area (Å²) in [5.41, 5.74) is -0.00824. The Labute approximate surface area is 163 Å². The first-order valence-electron chi connectivity index (χ1n) is 8.25. The second-order valence-electron chi connectivity index (χ2n) is 6.02. The van der Waals surface area contributed by atoms with Crippen molar-refractivity contribution in [3.8, 4) is 5.75 Å². The molecule has 0 spiro atoms. The van der Waals surface area contributed by atoms with Crippen molar-refractivity contribution in [2.75, 3.05) is 13.7 Å². The molecule has 1 aromatic carbocycles. The van der Waals surface area contributed by atoms with Crippen molar-refractivity contribution in [3.63, 3.8) is 0 Å². The van der Waals surface area contributed by atoms with E-state index >= 15 is 0 Å². The van der Waals surface area contributed by atoms with Gasteiger partial charge in [0.25, 0.3) is 5.91 Å². The minimum atomic E-state index is -1.28. The molecule has 3 heterocycles. The molecule has 0 aliphatic carbocycles. The second kappa shape index (κ2) is 7.19. The summed E-state index contributed by atoms with van der Waals surface area (Å²) in [7, 11) is 1.55. The average molecular weight is 399 g/mol. The maximum atomic E-state index is 12.6. The molecule has 4 rings (SSSR count). The van der Waals surface area contributed by atoms with Crippen LogP contribution in [0.3, 0.4) is 0 Å². The van der Waals surface area contributed by atoms with E-state index in [2.05, 4.69) is 5.32 Å². The number of aliphatic hydroxyl groups is 1. The van der Waals surface area contributed by atoms with Crippen LogP contribution in [0.25, 0.3) is 11.0 Å². The number of thiophene rings is 2. The Morgan fingerprint density at radius 1 is 1.26 bits per heavy atom. The summed E-state index contributed by atoms with van der Waals surface area (Å²) in [6.07, 6.45) is 0. The van der Waals surface area contributed by atoms with Gasteiger partial charge >= 0.3 is 0 Å². The fraction of sp³-hybridized carbons (Fsp3) is 0.150. The summed E-state index contributed by atoms with van der Waals surface area (Å²) in [6, 6.07) is 12.7. The molecule has 0 bridgehead atoms. The molecule has 0 saturated carbocycles. The van der Waals surface area contributed by atoms with Crippen LogP contribution in [-0.4, -0.2) is 24.7 Å². The average Bonchev–Trinajstić information content (AvgIpc) is 3.45. The van der Waals surface area contributed by atoms with E-state index in [1.807, 2.05) is 46.5 Å². The number of rotatable bonds is 6. The highest BCUT2D eigenvalue weighted by molar-refractivity contribution is 7.10. The number of nitrogens with one attached hydrogen (secondary N) is 1. The zero-order valence-corrected chi connectivity index (χ0v) is 16.1.